The van der Waals surface area contributed by atoms with Crippen LogP contribution in [0.3, 0.4) is 0 Å². The van der Waals surface area contributed by atoms with Crippen molar-refractivity contribution < 1.29 is 9.59 Å². The number of quaternary nitrogens is 1. The molecule has 3 nitrogen and oxygen atoms in total. The summed E-state index contributed by atoms with van der Waals surface area (Å²) in [5.41, 5.74) is 0. The van der Waals surface area contributed by atoms with E-state index in [1.165, 1.54) is 51.4 Å². The van der Waals surface area contributed by atoms with E-state index < -0.39 is 0 Å². The highest BCUT2D eigenvalue weighted by molar-refractivity contribution is 5.60. The van der Waals surface area contributed by atoms with E-state index in [1.54, 1.807) is 0 Å². The topological polar surface area (TPSA) is 32.6 Å². The predicted octanol–water partition coefficient (Wildman–Crippen LogP) is 5.05. The first-order valence-corrected chi connectivity index (χ1v) is 9.88. The Morgan fingerprint density at radius 1 is 1.09 bits per heavy atom. The van der Waals surface area contributed by atoms with E-state index in [0.717, 1.165) is 25.9 Å². The monoisotopic (exact) mass is 323 g/mol. The normalized spacial score (nSPS) is 25.5. The Morgan fingerprint density at radius 3 is 2.39 bits per heavy atom. The lowest BCUT2D eigenvalue weighted by atomic mass is 10.1. The smallest absolute Gasteiger partial charge is 0.189 e. The maximum Gasteiger partial charge on any atom is 0.189 e. The lowest BCUT2D eigenvalue weighted by Crippen LogP contribution is -2.57. The van der Waals surface area contributed by atoms with Gasteiger partial charge in [0.1, 0.15) is 6.54 Å². The third-order valence-electron chi connectivity index (χ3n) is 5.36. The molecule has 0 aromatic carbocycles. The standard InChI is InChI=1S/C20H39N2O/c1-4-6-7-8-9-10-11-12-13-14-15-16-20-21-17-18-22(20,5-2)19(3)23/h13-14,17,19-20,23H,4-12,15-16,18H2,1-3H3/q+1/b14-13+. The van der Waals surface area contributed by atoms with Gasteiger partial charge >= 0.3 is 0 Å². The molecule has 0 aromatic heterocycles. The molecule has 1 N–H and O–H groups in total. The summed E-state index contributed by atoms with van der Waals surface area (Å²) < 4.78 is 0.714. The van der Waals surface area contributed by atoms with Crippen molar-refractivity contribution in [2.24, 2.45) is 4.99 Å². The summed E-state index contributed by atoms with van der Waals surface area (Å²) in [6.07, 6.45) is 19.6. The second-order valence-corrected chi connectivity index (χ2v) is 7.00. The van der Waals surface area contributed by atoms with Crippen molar-refractivity contribution >= 4 is 6.21 Å². The quantitative estimate of drug-likeness (QED) is 0.287. The summed E-state index contributed by atoms with van der Waals surface area (Å²) in [7, 11) is 0. The second-order valence-electron chi connectivity index (χ2n) is 7.00. The van der Waals surface area contributed by atoms with E-state index in [9.17, 15) is 5.11 Å². The second kappa shape index (κ2) is 11.8. The molecule has 1 rings (SSSR count). The van der Waals surface area contributed by atoms with Crippen LogP contribution in [0.2, 0.25) is 0 Å². The van der Waals surface area contributed by atoms with Crippen LogP contribution in [0.15, 0.2) is 17.1 Å². The van der Waals surface area contributed by atoms with Crippen LogP contribution in [0.4, 0.5) is 0 Å². The first-order valence-electron chi connectivity index (χ1n) is 9.88. The third-order valence-corrected chi connectivity index (χ3v) is 5.36. The fraction of sp³-hybridized carbons (Fsp3) is 0.850. The number of aliphatic hydroxyl groups is 1. The minimum Gasteiger partial charge on any atom is -0.345 e. The van der Waals surface area contributed by atoms with Gasteiger partial charge in [0.05, 0.1) is 12.8 Å². The highest BCUT2D eigenvalue weighted by atomic mass is 16.3. The van der Waals surface area contributed by atoms with E-state index in [1.807, 2.05) is 13.1 Å². The molecule has 0 bridgehead atoms. The molecule has 3 atom stereocenters. The van der Waals surface area contributed by atoms with Crippen LogP contribution >= 0.6 is 0 Å². The van der Waals surface area contributed by atoms with E-state index in [0.29, 0.717) is 4.48 Å². The Hall–Kier alpha value is -0.670. The van der Waals surface area contributed by atoms with Crippen LogP contribution < -0.4 is 0 Å². The molecule has 23 heavy (non-hydrogen) atoms. The average molecular weight is 324 g/mol. The van der Waals surface area contributed by atoms with Gasteiger partial charge in [0.25, 0.3) is 0 Å². The maximum absolute atomic E-state index is 10.1. The fourth-order valence-corrected chi connectivity index (χ4v) is 3.61. The number of hydrogen-bond acceptors (Lipinski definition) is 2. The van der Waals surface area contributed by atoms with Crippen LogP contribution in [-0.2, 0) is 0 Å². The molecule has 0 aliphatic carbocycles. The molecular weight excluding hydrogens is 284 g/mol. The maximum atomic E-state index is 10.1. The minimum atomic E-state index is -0.329. The number of nitrogens with zero attached hydrogens (tertiary/aromatic N) is 2. The van der Waals surface area contributed by atoms with Gasteiger partial charge < -0.3 is 5.11 Å². The third kappa shape index (κ3) is 6.76. The summed E-state index contributed by atoms with van der Waals surface area (Å²) in [4.78, 5) is 4.62. The molecule has 1 aliphatic heterocycles. The van der Waals surface area contributed by atoms with Gasteiger partial charge in [0.2, 0.25) is 0 Å². The Balaban J connectivity index is 2.10. The first-order chi connectivity index (χ1) is 11.2. The van der Waals surface area contributed by atoms with E-state index in [2.05, 4.69) is 31.0 Å². The van der Waals surface area contributed by atoms with Gasteiger partial charge in [-0.25, -0.2) is 4.99 Å². The number of hydrogen-bond donors (Lipinski definition) is 1. The van der Waals surface area contributed by atoms with Crippen molar-refractivity contribution in [3.05, 3.63) is 12.2 Å². The zero-order valence-corrected chi connectivity index (χ0v) is 15.7. The lowest BCUT2D eigenvalue weighted by Gasteiger charge is -2.40. The number of unbranched alkanes of at least 4 members (excludes halogenated alkanes) is 7. The van der Waals surface area contributed by atoms with Gasteiger partial charge in [-0.05, 0) is 26.2 Å². The summed E-state index contributed by atoms with van der Waals surface area (Å²) in [5, 5.41) is 10.1. The average Bonchev–Trinajstić information content (AvgIpc) is 2.97. The minimum absolute atomic E-state index is 0.239. The van der Waals surface area contributed by atoms with E-state index in [4.69, 9.17) is 0 Å². The van der Waals surface area contributed by atoms with Gasteiger partial charge in [-0.1, -0.05) is 57.6 Å². The summed E-state index contributed by atoms with van der Waals surface area (Å²) in [6.45, 7) is 8.16. The van der Waals surface area contributed by atoms with Gasteiger partial charge in [0.15, 0.2) is 12.4 Å². The van der Waals surface area contributed by atoms with Gasteiger partial charge in [-0.3, -0.25) is 4.48 Å². The molecule has 0 fully saturated rings. The molecule has 0 saturated heterocycles. The van der Waals surface area contributed by atoms with Crippen molar-refractivity contribution in [1.82, 2.24) is 0 Å². The first kappa shape index (κ1) is 20.4. The zero-order chi connectivity index (χ0) is 17.0. The van der Waals surface area contributed by atoms with Gasteiger partial charge in [-0.2, -0.15) is 0 Å². The Labute approximate surface area is 144 Å². The van der Waals surface area contributed by atoms with Crippen LogP contribution in [-0.4, -0.2) is 41.3 Å². The molecular formula is C20H39N2O+. The molecule has 1 heterocycles. The Kier molecular flexibility index (Phi) is 10.5. The van der Waals surface area contributed by atoms with Gasteiger partial charge in [-0.15, -0.1) is 0 Å². The van der Waals surface area contributed by atoms with Crippen molar-refractivity contribution in [3.8, 4) is 0 Å². The zero-order valence-electron chi connectivity index (χ0n) is 15.7. The fourth-order valence-electron chi connectivity index (χ4n) is 3.61. The molecule has 0 amide bonds. The molecule has 0 spiro atoms. The molecule has 3 heteroatoms. The number of aliphatic hydroxyl groups excluding tert-OH is 1. The van der Waals surface area contributed by atoms with E-state index in [-0.39, 0.29) is 12.4 Å². The lowest BCUT2D eigenvalue weighted by molar-refractivity contribution is -0.976. The molecule has 0 aromatic rings. The molecule has 1 aliphatic rings. The Morgan fingerprint density at radius 2 is 1.74 bits per heavy atom. The number of rotatable bonds is 13. The SMILES string of the molecule is CCCCCCCCC/C=C/CCC1N=CC[N+]1(CC)C(C)O. The summed E-state index contributed by atoms with van der Waals surface area (Å²) in [5.74, 6) is 0. The van der Waals surface area contributed by atoms with Crippen molar-refractivity contribution in [2.75, 3.05) is 13.1 Å². The predicted molar refractivity (Wildman–Crippen MR) is 101 cm³/mol. The van der Waals surface area contributed by atoms with Crippen molar-refractivity contribution in [2.45, 2.75) is 97.4 Å². The molecule has 0 radical (unpaired) electrons. The summed E-state index contributed by atoms with van der Waals surface area (Å²) >= 11 is 0. The Bertz CT molecular complexity index is 352. The molecule has 3 unspecified atom stereocenters. The summed E-state index contributed by atoms with van der Waals surface area (Å²) in [6, 6.07) is 0. The van der Waals surface area contributed by atoms with Crippen molar-refractivity contribution in [3.63, 3.8) is 0 Å². The molecule has 0 saturated carbocycles. The number of aliphatic imine (C=N–C) groups is 1. The van der Waals surface area contributed by atoms with Crippen LogP contribution in [0.5, 0.6) is 0 Å². The van der Waals surface area contributed by atoms with E-state index >= 15 is 0 Å². The van der Waals surface area contributed by atoms with Crippen molar-refractivity contribution in [1.29, 1.82) is 0 Å². The largest absolute Gasteiger partial charge is 0.345 e. The van der Waals surface area contributed by atoms with Crippen LogP contribution in [0, 0.1) is 0 Å². The highest BCUT2D eigenvalue weighted by Gasteiger charge is 2.41. The van der Waals surface area contributed by atoms with Crippen LogP contribution in [0.25, 0.3) is 0 Å². The van der Waals surface area contributed by atoms with Gasteiger partial charge in [0, 0.05) is 13.3 Å². The number of allylic oxidation sites excluding steroid dienone is 2. The van der Waals surface area contributed by atoms with Crippen LogP contribution in [0.1, 0.15) is 85.0 Å². The molecule has 134 valence electrons. The highest BCUT2D eigenvalue weighted by Crippen LogP contribution is 2.26.